The van der Waals surface area contributed by atoms with E-state index in [1.807, 2.05) is 30.3 Å². The van der Waals surface area contributed by atoms with Gasteiger partial charge in [-0.3, -0.25) is 4.79 Å². The predicted molar refractivity (Wildman–Crippen MR) is 75.2 cm³/mol. The van der Waals surface area contributed by atoms with Gasteiger partial charge in [0.1, 0.15) is 11.6 Å². The Labute approximate surface area is 118 Å². The van der Waals surface area contributed by atoms with Crippen molar-refractivity contribution in [3.63, 3.8) is 0 Å². The van der Waals surface area contributed by atoms with Crippen molar-refractivity contribution in [3.8, 4) is 0 Å². The number of amides is 1. The monoisotopic (exact) mass is 279 g/mol. The van der Waals surface area contributed by atoms with Crippen molar-refractivity contribution >= 4 is 11.9 Å². The van der Waals surface area contributed by atoms with Crippen molar-refractivity contribution in [2.45, 2.75) is 45.4 Å². The maximum atomic E-state index is 11.9. The predicted octanol–water partition coefficient (Wildman–Crippen LogP) is 1.96. The second-order valence-electron chi connectivity index (χ2n) is 4.92. The van der Waals surface area contributed by atoms with E-state index in [-0.39, 0.29) is 0 Å². The van der Waals surface area contributed by atoms with E-state index in [1.54, 1.807) is 13.8 Å². The summed E-state index contributed by atoms with van der Waals surface area (Å²) in [6, 6.07) is 9.49. The molecule has 20 heavy (non-hydrogen) atoms. The lowest BCUT2D eigenvalue weighted by Crippen LogP contribution is -2.54. The lowest BCUT2D eigenvalue weighted by atomic mass is 9.99. The van der Waals surface area contributed by atoms with Crippen LogP contribution in [-0.2, 0) is 20.9 Å². The topological polar surface area (TPSA) is 75.6 Å². The van der Waals surface area contributed by atoms with Gasteiger partial charge in [0.15, 0.2) is 0 Å². The van der Waals surface area contributed by atoms with Gasteiger partial charge in [0.05, 0.1) is 6.61 Å². The number of hydrogen-bond acceptors (Lipinski definition) is 3. The molecule has 0 aliphatic heterocycles. The number of nitrogens with one attached hydrogen (secondary N) is 1. The van der Waals surface area contributed by atoms with Gasteiger partial charge < -0.3 is 15.2 Å². The van der Waals surface area contributed by atoms with Gasteiger partial charge in [0.2, 0.25) is 5.91 Å². The molecule has 0 heterocycles. The van der Waals surface area contributed by atoms with Crippen LogP contribution in [0.2, 0.25) is 0 Å². The molecule has 5 heteroatoms. The van der Waals surface area contributed by atoms with E-state index in [9.17, 15) is 9.59 Å². The molecule has 0 aliphatic carbocycles. The third-order valence-electron chi connectivity index (χ3n) is 3.29. The summed E-state index contributed by atoms with van der Waals surface area (Å²) in [7, 11) is 0. The highest BCUT2D eigenvalue weighted by atomic mass is 16.5. The van der Waals surface area contributed by atoms with Gasteiger partial charge >= 0.3 is 5.97 Å². The van der Waals surface area contributed by atoms with Crippen molar-refractivity contribution in [2.24, 2.45) is 0 Å². The van der Waals surface area contributed by atoms with Gasteiger partial charge in [0.25, 0.3) is 0 Å². The number of aliphatic carboxylic acids is 1. The second kappa shape index (κ2) is 7.05. The molecule has 1 aromatic carbocycles. The van der Waals surface area contributed by atoms with Crippen LogP contribution in [0.3, 0.4) is 0 Å². The first-order valence-corrected chi connectivity index (χ1v) is 6.60. The SMILES string of the molecule is CCC(C)(NC(=O)C(C)OCc1ccccc1)C(=O)O. The number of hydrogen-bond donors (Lipinski definition) is 2. The fraction of sp³-hybridized carbons (Fsp3) is 0.467. The van der Waals surface area contributed by atoms with Crippen molar-refractivity contribution in [3.05, 3.63) is 35.9 Å². The zero-order valence-corrected chi connectivity index (χ0v) is 12.1. The zero-order valence-electron chi connectivity index (χ0n) is 12.1. The van der Waals surface area contributed by atoms with Crippen molar-refractivity contribution in [1.82, 2.24) is 5.32 Å². The number of benzene rings is 1. The first kappa shape index (κ1) is 16.2. The third kappa shape index (κ3) is 4.35. The van der Waals surface area contributed by atoms with Crippen LogP contribution >= 0.6 is 0 Å². The first-order valence-electron chi connectivity index (χ1n) is 6.60. The minimum absolute atomic E-state index is 0.305. The summed E-state index contributed by atoms with van der Waals surface area (Å²) < 4.78 is 5.45. The lowest BCUT2D eigenvalue weighted by molar-refractivity contribution is -0.149. The van der Waals surface area contributed by atoms with E-state index in [4.69, 9.17) is 9.84 Å². The van der Waals surface area contributed by atoms with E-state index in [1.165, 1.54) is 6.92 Å². The van der Waals surface area contributed by atoms with Gasteiger partial charge in [-0.1, -0.05) is 37.3 Å². The first-order chi connectivity index (χ1) is 9.39. The molecule has 1 rings (SSSR count). The van der Waals surface area contributed by atoms with Crippen molar-refractivity contribution < 1.29 is 19.4 Å². The van der Waals surface area contributed by atoms with Crippen LogP contribution in [0, 0.1) is 0 Å². The molecule has 1 amide bonds. The molecule has 2 unspecified atom stereocenters. The van der Waals surface area contributed by atoms with Crippen LogP contribution < -0.4 is 5.32 Å². The van der Waals surface area contributed by atoms with E-state index in [2.05, 4.69) is 5.32 Å². The second-order valence-corrected chi connectivity index (χ2v) is 4.92. The highest BCUT2D eigenvalue weighted by molar-refractivity contribution is 5.88. The molecule has 0 fully saturated rings. The van der Waals surface area contributed by atoms with Gasteiger partial charge in [-0.05, 0) is 25.8 Å². The maximum Gasteiger partial charge on any atom is 0.329 e. The fourth-order valence-corrected chi connectivity index (χ4v) is 1.54. The van der Waals surface area contributed by atoms with E-state index in [0.29, 0.717) is 13.0 Å². The third-order valence-corrected chi connectivity index (χ3v) is 3.29. The number of ether oxygens (including phenoxy) is 1. The molecule has 0 bridgehead atoms. The molecule has 0 saturated carbocycles. The van der Waals surface area contributed by atoms with Crippen molar-refractivity contribution in [1.29, 1.82) is 0 Å². The van der Waals surface area contributed by atoms with E-state index >= 15 is 0 Å². The molecule has 0 spiro atoms. The minimum Gasteiger partial charge on any atom is -0.480 e. The Bertz CT molecular complexity index is 460. The maximum absolute atomic E-state index is 11.9. The largest absolute Gasteiger partial charge is 0.480 e. The molecule has 0 radical (unpaired) electrons. The van der Waals surface area contributed by atoms with Crippen LogP contribution in [0.5, 0.6) is 0 Å². The Morgan fingerprint density at radius 3 is 2.45 bits per heavy atom. The Morgan fingerprint density at radius 1 is 1.35 bits per heavy atom. The normalized spacial score (nSPS) is 15.2. The van der Waals surface area contributed by atoms with Crippen molar-refractivity contribution in [2.75, 3.05) is 0 Å². The van der Waals surface area contributed by atoms with Crippen LogP contribution in [0.15, 0.2) is 30.3 Å². The minimum atomic E-state index is -1.26. The number of rotatable bonds is 7. The number of carboxylic acid groups (broad SMARTS) is 1. The molecular formula is C15H21NO4. The van der Waals surface area contributed by atoms with Crippen LogP contribution in [-0.4, -0.2) is 28.6 Å². The Kier molecular flexibility index (Phi) is 5.70. The summed E-state index contributed by atoms with van der Waals surface area (Å²) in [4.78, 5) is 23.1. The Hall–Kier alpha value is -1.88. The number of carbonyl (C=O) groups is 2. The summed E-state index contributed by atoms with van der Waals surface area (Å²) in [5.41, 5.74) is -0.301. The summed E-state index contributed by atoms with van der Waals surface area (Å²) in [6.07, 6.45) is -0.403. The number of carboxylic acids is 1. The number of carbonyl (C=O) groups excluding carboxylic acids is 1. The molecule has 110 valence electrons. The van der Waals surface area contributed by atoms with E-state index in [0.717, 1.165) is 5.56 Å². The van der Waals surface area contributed by atoms with Gasteiger partial charge in [-0.25, -0.2) is 4.79 Å². The summed E-state index contributed by atoms with van der Waals surface area (Å²) >= 11 is 0. The molecule has 1 aromatic rings. The molecule has 0 aliphatic rings. The molecule has 2 N–H and O–H groups in total. The van der Waals surface area contributed by atoms with Crippen LogP contribution in [0.1, 0.15) is 32.8 Å². The molecular weight excluding hydrogens is 258 g/mol. The van der Waals surface area contributed by atoms with Gasteiger partial charge in [0, 0.05) is 0 Å². The molecule has 0 saturated heterocycles. The fourth-order valence-electron chi connectivity index (χ4n) is 1.54. The molecule has 2 atom stereocenters. The summed E-state index contributed by atoms with van der Waals surface area (Å²) in [5.74, 6) is -1.48. The summed E-state index contributed by atoms with van der Waals surface area (Å²) in [5, 5.41) is 11.6. The summed E-state index contributed by atoms with van der Waals surface area (Å²) in [6.45, 7) is 5.11. The lowest BCUT2D eigenvalue weighted by Gasteiger charge is -2.26. The highest BCUT2D eigenvalue weighted by Gasteiger charge is 2.34. The molecule has 0 aromatic heterocycles. The molecule has 5 nitrogen and oxygen atoms in total. The average Bonchev–Trinajstić information content (AvgIpc) is 2.45. The van der Waals surface area contributed by atoms with Gasteiger partial charge in [-0.15, -0.1) is 0 Å². The highest BCUT2D eigenvalue weighted by Crippen LogP contribution is 2.11. The zero-order chi connectivity index (χ0) is 15.2. The average molecular weight is 279 g/mol. The van der Waals surface area contributed by atoms with Gasteiger partial charge in [-0.2, -0.15) is 0 Å². The van der Waals surface area contributed by atoms with Crippen LogP contribution in [0.25, 0.3) is 0 Å². The van der Waals surface area contributed by atoms with E-state index < -0.39 is 23.5 Å². The Balaban J connectivity index is 2.53. The standard InChI is InChI=1S/C15H21NO4/c1-4-15(3,14(18)19)16-13(17)11(2)20-10-12-8-6-5-7-9-12/h5-9,11H,4,10H2,1-3H3,(H,16,17)(H,18,19). The Morgan fingerprint density at radius 2 is 1.95 bits per heavy atom. The smallest absolute Gasteiger partial charge is 0.329 e. The van der Waals surface area contributed by atoms with Crippen LogP contribution in [0.4, 0.5) is 0 Å². The quantitative estimate of drug-likeness (QED) is 0.800.